The van der Waals surface area contributed by atoms with E-state index in [1.165, 1.54) is 7.11 Å². The molecule has 0 radical (unpaired) electrons. The molecule has 0 N–H and O–H groups in total. The van der Waals surface area contributed by atoms with E-state index < -0.39 is 21.3 Å². The van der Waals surface area contributed by atoms with Crippen molar-refractivity contribution < 1.29 is 60.4 Å². The molecular formula is C37H62N4O13P2. The fraction of sp³-hybridized carbons (Fsp3) is 0.703. The zero-order chi connectivity index (χ0) is 40.5. The van der Waals surface area contributed by atoms with Gasteiger partial charge >= 0.3 is 21.2 Å². The third-order valence-corrected chi connectivity index (χ3v) is 12.2. The number of methoxy groups -OCH3 is 1. The van der Waals surface area contributed by atoms with Crippen LogP contribution >= 0.6 is 15.2 Å². The summed E-state index contributed by atoms with van der Waals surface area (Å²) in [5.74, 6) is -0.357. The molecule has 19 heteroatoms. The highest BCUT2D eigenvalue weighted by Gasteiger charge is 2.30. The molecule has 3 heterocycles. The summed E-state index contributed by atoms with van der Waals surface area (Å²) in [6.07, 6.45) is -0.295. The van der Waals surface area contributed by atoms with Gasteiger partial charge < -0.3 is 46.5 Å². The van der Waals surface area contributed by atoms with Gasteiger partial charge in [0.15, 0.2) is 10.9 Å². The van der Waals surface area contributed by atoms with Crippen molar-refractivity contribution in [1.82, 2.24) is 19.8 Å². The number of esters is 1. The van der Waals surface area contributed by atoms with E-state index in [2.05, 4.69) is 19.8 Å². The van der Waals surface area contributed by atoms with E-state index >= 15 is 0 Å². The molecule has 0 spiro atoms. The summed E-state index contributed by atoms with van der Waals surface area (Å²) in [5.41, 5.74) is 1.94. The molecule has 1 aliphatic heterocycles. The first-order chi connectivity index (χ1) is 27.2. The topological polar surface area (TPSA) is 176 Å². The quantitative estimate of drug-likeness (QED) is 0.114. The Labute approximate surface area is 332 Å². The molecule has 0 amide bonds. The Morgan fingerprint density at radius 2 is 1.16 bits per heavy atom. The average Bonchev–Trinajstić information content (AvgIpc) is 3.18. The van der Waals surface area contributed by atoms with Crippen molar-refractivity contribution in [3.63, 3.8) is 0 Å². The molecule has 0 bridgehead atoms. The van der Waals surface area contributed by atoms with Crippen molar-refractivity contribution in [2.75, 3.05) is 119 Å². The largest absolute Gasteiger partial charge is 0.469 e. The maximum absolute atomic E-state index is 13.4. The lowest BCUT2D eigenvalue weighted by molar-refractivity contribution is -0.142. The van der Waals surface area contributed by atoms with Crippen LogP contribution in [-0.2, 0) is 73.5 Å². The number of pyridine rings is 2. The number of nitrogens with zero attached hydrogens (tertiary/aromatic N) is 4. The lowest BCUT2D eigenvalue weighted by Crippen LogP contribution is -2.36. The van der Waals surface area contributed by atoms with E-state index in [4.69, 9.17) is 46.5 Å². The number of aromatic nitrogens is 2. The molecule has 2 aromatic rings. The molecule has 56 heavy (non-hydrogen) atoms. The summed E-state index contributed by atoms with van der Waals surface area (Å²) in [6, 6.07) is 10.7. The lowest BCUT2D eigenvalue weighted by Gasteiger charge is -2.26. The summed E-state index contributed by atoms with van der Waals surface area (Å²) in [6.45, 7) is 14.2. The summed E-state index contributed by atoms with van der Waals surface area (Å²) in [5, 5.41) is 0. The van der Waals surface area contributed by atoms with E-state index in [0.717, 1.165) is 0 Å². The monoisotopic (exact) mass is 832 g/mol. The lowest BCUT2D eigenvalue weighted by atomic mass is 10.3. The van der Waals surface area contributed by atoms with Crippen LogP contribution in [0.2, 0.25) is 0 Å². The number of carbonyl (C=O) groups is 1. The highest BCUT2D eigenvalue weighted by Crippen LogP contribution is 2.46. The van der Waals surface area contributed by atoms with E-state index in [1.807, 2.05) is 12.1 Å². The minimum Gasteiger partial charge on any atom is -0.469 e. The van der Waals surface area contributed by atoms with Crippen LogP contribution in [0.5, 0.6) is 0 Å². The predicted molar refractivity (Wildman–Crippen MR) is 210 cm³/mol. The number of carbonyl (C=O) groups excluding carboxylic acids is 1. The smallest absolute Gasteiger partial charge is 0.379 e. The zero-order valence-electron chi connectivity index (χ0n) is 33.7. The molecule has 0 saturated carbocycles. The minimum atomic E-state index is -3.55. The Morgan fingerprint density at radius 3 is 1.62 bits per heavy atom. The maximum Gasteiger partial charge on any atom is 0.379 e. The fourth-order valence-electron chi connectivity index (χ4n) is 5.51. The van der Waals surface area contributed by atoms with Gasteiger partial charge in [-0.05, 0) is 52.0 Å². The van der Waals surface area contributed by atoms with Crippen molar-refractivity contribution in [2.45, 2.75) is 53.3 Å². The van der Waals surface area contributed by atoms with Crippen molar-refractivity contribution in [3.05, 3.63) is 47.8 Å². The Balaban J connectivity index is 1.70. The molecular weight excluding hydrogens is 770 g/mol. The van der Waals surface area contributed by atoms with Crippen molar-refractivity contribution in [1.29, 1.82) is 0 Å². The van der Waals surface area contributed by atoms with Crippen molar-refractivity contribution >= 4 is 32.0 Å². The second kappa shape index (κ2) is 27.5. The zero-order valence-corrected chi connectivity index (χ0v) is 35.5. The van der Waals surface area contributed by atoms with Crippen LogP contribution in [0, 0.1) is 0 Å². The molecule has 17 nitrogen and oxygen atoms in total. The van der Waals surface area contributed by atoms with Gasteiger partial charge in [0, 0.05) is 39.3 Å². The third-order valence-electron chi connectivity index (χ3n) is 8.19. The third kappa shape index (κ3) is 17.7. The van der Waals surface area contributed by atoms with E-state index in [-0.39, 0.29) is 69.5 Å². The van der Waals surface area contributed by atoms with Crippen molar-refractivity contribution in [3.8, 4) is 0 Å². The molecule has 1 saturated heterocycles. The molecule has 0 aromatic carbocycles. The molecule has 2 aromatic heterocycles. The van der Waals surface area contributed by atoms with Crippen LogP contribution in [0.15, 0.2) is 36.4 Å². The summed E-state index contributed by atoms with van der Waals surface area (Å²) < 4.78 is 83.7. The van der Waals surface area contributed by atoms with E-state index in [9.17, 15) is 13.9 Å². The van der Waals surface area contributed by atoms with Gasteiger partial charge in [-0.1, -0.05) is 12.1 Å². The van der Waals surface area contributed by atoms with Gasteiger partial charge in [-0.25, -0.2) is 9.97 Å². The van der Waals surface area contributed by atoms with Crippen LogP contribution in [0.1, 0.15) is 45.5 Å². The van der Waals surface area contributed by atoms with Crippen LogP contribution in [-0.4, -0.2) is 151 Å². The Kier molecular flexibility index (Phi) is 23.6. The minimum absolute atomic E-state index is 0.125. The van der Waals surface area contributed by atoms with Gasteiger partial charge in [0.2, 0.25) is 0 Å². The van der Waals surface area contributed by atoms with E-state index in [1.54, 1.807) is 52.0 Å². The highest BCUT2D eigenvalue weighted by atomic mass is 31.2. The Bertz CT molecular complexity index is 1470. The SMILES string of the molecule is CCOP(=O)(OCC)c1cccc(CN2CCOCCOCCN(Cc3cccc(P(=O)(OCC)OCC)n3)CCOC(COCCC(=O)OC)COCC2)n1. The highest BCUT2D eigenvalue weighted by molar-refractivity contribution is 7.62. The summed E-state index contributed by atoms with van der Waals surface area (Å²) in [4.78, 5) is 25.2. The first-order valence-electron chi connectivity index (χ1n) is 19.3. The van der Waals surface area contributed by atoms with Crippen LogP contribution in [0.4, 0.5) is 0 Å². The average molecular weight is 833 g/mol. The molecule has 0 aliphatic carbocycles. The van der Waals surface area contributed by atoms with Crippen LogP contribution in [0.3, 0.4) is 0 Å². The fourth-order valence-corrected chi connectivity index (χ4v) is 8.59. The number of hydrogen-bond donors (Lipinski definition) is 0. The first-order valence-corrected chi connectivity index (χ1v) is 22.4. The van der Waals surface area contributed by atoms with Gasteiger partial charge in [0.25, 0.3) is 0 Å². The molecule has 3 rings (SSSR count). The molecule has 318 valence electrons. The van der Waals surface area contributed by atoms with E-state index in [0.29, 0.717) is 90.3 Å². The van der Waals surface area contributed by atoms with Gasteiger partial charge in [-0.2, -0.15) is 0 Å². The maximum atomic E-state index is 13.4. The molecule has 1 aliphatic rings. The van der Waals surface area contributed by atoms with Crippen LogP contribution < -0.4 is 10.9 Å². The predicted octanol–water partition coefficient (Wildman–Crippen LogP) is 3.59. The Morgan fingerprint density at radius 1 is 0.696 bits per heavy atom. The van der Waals surface area contributed by atoms with Gasteiger partial charge in [0.05, 0.1) is 111 Å². The molecule has 1 atom stereocenters. The standard InChI is InChI=1S/C37H62N4O13P2/c1-6-51-55(43,52-7-2)35-14-10-12-32(38-35)28-40-17-22-46-26-27-47-23-18-41(29-33-13-11-15-36(39-33)56(44,53-8-3)54-9-4)20-25-50-34(31-49-24-19-40)30-48-21-16-37(42)45-5/h10-15,34H,6-9,16-31H2,1-5H3. The van der Waals surface area contributed by atoms with Crippen LogP contribution in [0.25, 0.3) is 0 Å². The second-order valence-electron chi connectivity index (χ2n) is 12.4. The van der Waals surface area contributed by atoms with Gasteiger partial charge in [0.1, 0.15) is 6.10 Å². The van der Waals surface area contributed by atoms with Gasteiger partial charge in [-0.15, -0.1) is 0 Å². The number of hydrogen-bond acceptors (Lipinski definition) is 17. The second-order valence-corrected chi connectivity index (χ2v) is 16.3. The summed E-state index contributed by atoms with van der Waals surface area (Å²) in [7, 11) is -5.76. The number of rotatable bonds is 19. The molecule has 1 unspecified atom stereocenters. The molecule has 1 fully saturated rings. The van der Waals surface area contributed by atoms with Crippen molar-refractivity contribution in [2.24, 2.45) is 0 Å². The Hall–Kier alpha value is -2.21. The first kappa shape index (κ1) is 48.2. The normalized spacial score (nSPS) is 18.3. The van der Waals surface area contributed by atoms with Gasteiger partial charge in [-0.3, -0.25) is 23.7 Å². The summed E-state index contributed by atoms with van der Waals surface area (Å²) >= 11 is 0. The number of ether oxygens (including phenoxy) is 6.